The molecule has 0 spiro atoms. The Morgan fingerprint density at radius 1 is 1.03 bits per heavy atom. The number of carbonyl (C=O) groups is 1. The highest BCUT2D eigenvalue weighted by atomic mass is 35.5. The van der Waals surface area contributed by atoms with Crippen molar-refractivity contribution in [2.24, 2.45) is 0 Å². The molecule has 3 aromatic carbocycles. The summed E-state index contributed by atoms with van der Waals surface area (Å²) >= 11 is 12.5. The van der Waals surface area contributed by atoms with Crippen LogP contribution in [-0.4, -0.2) is 37.2 Å². The van der Waals surface area contributed by atoms with Gasteiger partial charge in [-0.3, -0.25) is 4.79 Å². The number of aryl methyl sites for hydroxylation is 1. The van der Waals surface area contributed by atoms with E-state index in [1.165, 1.54) is 0 Å². The summed E-state index contributed by atoms with van der Waals surface area (Å²) in [5.41, 5.74) is 3.96. The van der Waals surface area contributed by atoms with Crippen LogP contribution in [0.4, 0.5) is 0 Å². The van der Waals surface area contributed by atoms with Crippen LogP contribution in [0.5, 0.6) is 5.75 Å². The van der Waals surface area contributed by atoms with Crippen molar-refractivity contribution >= 4 is 29.1 Å². The van der Waals surface area contributed by atoms with E-state index in [0.29, 0.717) is 23.3 Å². The summed E-state index contributed by atoms with van der Waals surface area (Å²) in [5.74, 6) is 0.763. The summed E-state index contributed by atoms with van der Waals surface area (Å²) in [4.78, 5) is 15.2. The molecule has 0 aliphatic carbocycles. The Kier molecular flexibility index (Phi) is 8.91. The van der Waals surface area contributed by atoms with Gasteiger partial charge in [-0.05, 0) is 65.9 Å². The number of amides is 1. The average molecular weight is 528 g/mol. The molecule has 0 saturated carbocycles. The van der Waals surface area contributed by atoms with Gasteiger partial charge < -0.3 is 19.1 Å². The summed E-state index contributed by atoms with van der Waals surface area (Å²) < 4.78 is 17.7. The first kappa shape index (κ1) is 26.5. The Morgan fingerprint density at radius 3 is 2.50 bits per heavy atom. The number of benzene rings is 3. The monoisotopic (exact) mass is 527 g/mol. The number of carbonyl (C=O) groups excluding carboxylic acids is 1. The lowest BCUT2D eigenvalue weighted by molar-refractivity contribution is -0.166. The summed E-state index contributed by atoms with van der Waals surface area (Å²) in [7, 11) is 1.66. The van der Waals surface area contributed by atoms with Crippen molar-refractivity contribution < 1.29 is 19.0 Å². The molecule has 7 heteroatoms. The lowest BCUT2D eigenvalue weighted by Crippen LogP contribution is -2.52. The van der Waals surface area contributed by atoms with Gasteiger partial charge in [-0.25, -0.2) is 0 Å². The molecule has 4 rings (SSSR count). The SMILES string of the molecule is CC[C@@H](COCc1ccc(C)c(OC)c1)N1C(=O)CO[C@H](c2cccc(Cl)c2)[C@H]1c1ccc(Cl)cc1. The van der Waals surface area contributed by atoms with Crippen molar-refractivity contribution in [1.29, 1.82) is 0 Å². The molecule has 1 saturated heterocycles. The second-order valence-corrected chi connectivity index (χ2v) is 9.84. The second-order valence-electron chi connectivity index (χ2n) is 8.97. The van der Waals surface area contributed by atoms with E-state index < -0.39 is 0 Å². The van der Waals surface area contributed by atoms with Gasteiger partial charge in [0.25, 0.3) is 0 Å². The molecule has 5 nitrogen and oxygen atoms in total. The van der Waals surface area contributed by atoms with Crippen LogP contribution in [0.2, 0.25) is 10.0 Å². The van der Waals surface area contributed by atoms with Crippen molar-refractivity contribution in [3.05, 3.63) is 99.0 Å². The van der Waals surface area contributed by atoms with Crippen LogP contribution in [0, 0.1) is 6.92 Å². The smallest absolute Gasteiger partial charge is 0.249 e. The minimum Gasteiger partial charge on any atom is -0.496 e. The maximum Gasteiger partial charge on any atom is 0.249 e. The Balaban J connectivity index is 1.61. The van der Waals surface area contributed by atoms with Crippen molar-refractivity contribution in [1.82, 2.24) is 4.90 Å². The predicted molar refractivity (Wildman–Crippen MR) is 143 cm³/mol. The first-order valence-corrected chi connectivity index (χ1v) is 12.8. The van der Waals surface area contributed by atoms with Gasteiger partial charge in [-0.2, -0.15) is 0 Å². The average Bonchev–Trinajstić information content (AvgIpc) is 2.88. The van der Waals surface area contributed by atoms with Gasteiger partial charge >= 0.3 is 0 Å². The fraction of sp³-hybridized carbons (Fsp3) is 0.345. The number of nitrogens with zero attached hydrogens (tertiary/aromatic N) is 1. The molecule has 190 valence electrons. The summed E-state index contributed by atoms with van der Waals surface area (Å²) in [6, 6.07) is 20.7. The molecule has 3 aromatic rings. The highest BCUT2D eigenvalue weighted by Gasteiger charge is 2.41. The molecular formula is C29H31Cl2NO4. The third-order valence-electron chi connectivity index (χ3n) is 6.57. The van der Waals surface area contributed by atoms with E-state index in [-0.39, 0.29) is 30.7 Å². The molecule has 0 unspecified atom stereocenters. The van der Waals surface area contributed by atoms with Gasteiger partial charge in [0.05, 0.1) is 32.4 Å². The molecule has 36 heavy (non-hydrogen) atoms. The molecule has 0 bridgehead atoms. The third-order valence-corrected chi connectivity index (χ3v) is 7.05. The molecule has 1 heterocycles. The van der Waals surface area contributed by atoms with Crippen molar-refractivity contribution in [3.8, 4) is 5.75 Å². The van der Waals surface area contributed by atoms with E-state index in [9.17, 15) is 4.79 Å². The molecular weight excluding hydrogens is 497 g/mol. The van der Waals surface area contributed by atoms with Gasteiger partial charge in [0.2, 0.25) is 5.91 Å². The fourth-order valence-electron chi connectivity index (χ4n) is 4.68. The number of methoxy groups -OCH3 is 1. The zero-order valence-corrected chi connectivity index (χ0v) is 22.3. The first-order valence-electron chi connectivity index (χ1n) is 12.1. The summed E-state index contributed by atoms with van der Waals surface area (Å²) in [5, 5.41) is 1.26. The van der Waals surface area contributed by atoms with Crippen LogP contribution >= 0.6 is 23.2 Å². The number of hydrogen-bond acceptors (Lipinski definition) is 4. The van der Waals surface area contributed by atoms with E-state index in [1.54, 1.807) is 7.11 Å². The number of hydrogen-bond donors (Lipinski definition) is 0. The minimum absolute atomic E-state index is 0.00701. The fourth-order valence-corrected chi connectivity index (χ4v) is 5.00. The van der Waals surface area contributed by atoms with Crippen molar-refractivity contribution in [2.45, 2.75) is 45.1 Å². The molecule has 1 aliphatic heterocycles. The normalized spacial score (nSPS) is 18.8. The highest BCUT2D eigenvalue weighted by Crippen LogP contribution is 2.42. The number of morpholine rings is 1. The second kappa shape index (κ2) is 12.1. The van der Waals surface area contributed by atoms with Crippen molar-refractivity contribution in [2.75, 3.05) is 20.3 Å². The molecule has 1 amide bonds. The van der Waals surface area contributed by atoms with Crippen LogP contribution in [-0.2, 0) is 20.9 Å². The maximum atomic E-state index is 13.3. The van der Waals surface area contributed by atoms with Gasteiger partial charge in [0, 0.05) is 10.0 Å². The third kappa shape index (κ3) is 6.04. The molecule has 1 fully saturated rings. The molecule has 0 aromatic heterocycles. The van der Waals surface area contributed by atoms with Crippen molar-refractivity contribution in [3.63, 3.8) is 0 Å². The largest absolute Gasteiger partial charge is 0.496 e. The van der Waals surface area contributed by atoms with Gasteiger partial charge in [0.1, 0.15) is 18.5 Å². The number of ether oxygens (including phenoxy) is 3. The van der Waals surface area contributed by atoms with Gasteiger partial charge in [-0.1, -0.05) is 66.5 Å². The minimum atomic E-state index is -0.377. The topological polar surface area (TPSA) is 48.0 Å². The Bertz CT molecular complexity index is 1180. The standard InChI is InChI=1S/C29H31Cl2NO4/c1-4-25(17-35-16-20-9-8-19(2)26(14-20)34-3)32-27(33)18-36-29(22-6-5-7-24(31)15-22)28(32)21-10-12-23(30)13-11-21/h5-15,25,28-29H,4,16-18H2,1-3H3/t25-,28+,29+/m0/s1. The van der Waals surface area contributed by atoms with E-state index >= 15 is 0 Å². The van der Waals surface area contributed by atoms with Gasteiger partial charge in [-0.15, -0.1) is 0 Å². The molecule has 0 radical (unpaired) electrons. The Morgan fingerprint density at radius 2 is 1.81 bits per heavy atom. The number of rotatable bonds is 9. The summed E-state index contributed by atoms with van der Waals surface area (Å²) in [6.45, 7) is 4.89. The van der Waals surface area contributed by atoms with Crippen LogP contribution < -0.4 is 4.74 Å². The van der Waals surface area contributed by atoms with Crippen LogP contribution in [0.25, 0.3) is 0 Å². The van der Waals surface area contributed by atoms with E-state index in [4.69, 9.17) is 37.4 Å². The van der Waals surface area contributed by atoms with E-state index in [2.05, 4.69) is 6.92 Å². The lowest BCUT2D eigenvalue weighted by atomic mass is 9.91. The maximum absolute atomic E-state index is 13.3. The Hall–Kier alpha value is -2.57. The van der Waals surface area contributed by atoms with Crippen LogP contribution in [0.3, 0.4) is 0 Å². The predicted octanol–water partition coefficient (Wildman–Crippen LogP) is 6.95. The lowest BCUT2D eigenvalue weighted by Gasteiger charge is -2.45. The highest BCUT2D eigenvalue weighted by molar-refractivity contribution is 6.30. The zero-order chi connectivity index (χ0) is 25.7. The van der Waals surface area contributed by atoms with Gasteiger partial charge in [0.15, 0.2) is 0 Å². The molecule has 3 atom stereocenters. The first-order chi connectivity index (χ1) is 17.4. The Labute approximate surface area is 222 Å². The molecule has 1 aliphatic rings. The quantitative estimate of drug-likeness (QED) is 0.302. The number of halogens is 2. The molecule has 0 N–H and O–H groups in total. The van der Waals surface area contributed by atoms with E-state index in [0.717, 1.165) is 34.4 Å². The van der Waals surface area contributed by atoms with Crippen LogP contribution in [0.1, 0.15) is 47.7 Å². The zero-order valence-electron chi connectivity index (χ0n) is 20.7. The summed E-state index contributed by atoms with van der Waals surface area (Å²) in [6.07, 6.45) is 0.355. The van der Waals surface area contributed by atoms with Crippen LogP contribution in [0.15, 0.2) is 66.7 Å². The van der Waals surface area contributed by atoms with E-state index in [1.807, 2.05) is 78.6 Å².